The molecule has 0 spiro atoms. The molecule has 0 unspecified atom stereocenters. The first-order valence-corrected chi connectivity index (χ1v) is 7.90. The number of para-hydroxylation sites is 2. The van der Waals surface area contributed by atoms with Gasteiger partial charge in [0.25, 0.3) is 5.91 Å². The van der Waals surface area contributed by atoms with Gasteiger partial charge >= 0.3 is 0 Å². The predicted octanol–water partition coefficient (Wildman–Crippen LogP) is 1.31. The average Bonchev–Trinajstić information content (AvgIpc) is 2.62. The summed E-state index contributed by atoms with van der Waals surface area (Å²) >= 11 is 0. The van der Waals surface area contributed by atoms with E-state index in [0.717, 1.165) is 0 Å². The Bertz CT molecular complexity index is 839. The van der Waals surface area contributed by atoms with Gasteiger partial charge in [-0.25, -0.2) is 4.39 Å². The average molecular weight is 357 g/mol. The minimum Gasteiger partial charge on any atom is -0.478 e. The van der Waals surface area contributed by atoms with Crippen molar-refractivity contribution in [2.24, 2.45) is 0 Å². The highest BCUT2D eigenvalue weighted by Gasteiger charge is 2.29. The number of carbonyl (C=O) groups excluding carboxylic acids is 3. The third kappa shape index (κ3) is 4.35. The zero-order valence-electron chi connectivity index (χ0n) is 13.6. The van der Waals surface area contributed by atoms with Crippen LogP contribution in [0.5, 0.6) is 5.75 Å². The summed E-state index contributed by atoms with van der Waals surface area (Å²) in [6.07, 6.45) is -1.26. The predicted molar refractivity (Wildman–Crippen MR) is 90.5 cm³/mol. The van der Waals surface area contributed by atoms with Gasteiger partial charge < -0.3 is 10.1 Å². The van der Waals surface area contributed by atoms with Crippen LogP contribution in [0, 0.1) is 5.82 Å². The van der Waals surface area contributed by atoms with E-state index in [-0.39, 0.29) is 12.8 Å². The molecule has 0 saturated carbocycles. The number of ether oxygens (including phenoxy) is 1. The fourth-order valence-corrected chi connectivity index (χ4v) is 2.42. The molecule has 0 fully saturated rings. The second kappa shape index (κ2) is 7.64. The van der Waals surface area contributed by atoms with Gasteiger partial charge in [0.2, 0.25) is 11.8 Å². The van der Waals surface area contributed by atoms with Crippen molar-refractivity contribution in [3.63, 3.8) is 0 Å². The maximum Gasteiger partial charge on any atom is 0.266 e. The minimum absolute atomic E-state index is 0.0195. The molecular formula is C18H16FN3O4. The molecule has 2 aromatic carbocycles. The molecule has 0 radical (unpaired) electrons. The Balaban J connectivity index is 1.47. The van der Waals surface area contributed by atoms with E-state index >= 15 is 0 Å². The summed E-state index contributed by atoms with van der Waals surface area (Å²) in [5.41, 5.74) is 5.63. The first-order valence-electron chi connectivity index (χ1n) is 7.90. The van der Waals surface area contributed by atoms with Crippen molar-refractivity contribution in [1.29, 1.82) is 0 Å². The molecule has 1 atom stereocenters. The Morgan fingerprint density at radius 1 is 1.04 bits per heavy atom. The molecule has 0 aromatic heterocycles. The number of hydrogen-bond donors (Lipinski definition) is 3. The van der Waals surface area contributed by atoms with Crippen LogP contribution in [0.1, 0.15) is 12.0 Å². The Morgan fingerprint density at radius 2 is 1.73 bits per heavy atom. The standard InChI is InChI=1S/C18H16FN3O4/c19-12-7-5-11(6-8-12)9-16(23)21-22-17(24)10-15-18(25)20-13-3-1-2-4-14(13)26-15/h1-8,15H,9-10H2,(H,20,25)(H,21,23)(H,22,24)/t15-/m1/s1. The molecule has 3 amide bonds. The van der Waals surface area contributed by atoms with Gasteiger partial charge in [-0.2, -0.15) is 0 Å². The molecule has 1 aliphatic rings. The number of amides is 3. The van der Waals surface area contributed by atoms with E-state index in [9.17, 15) is 18.8 Å². The van der Waals surface area contributed by atoms with Gasteiger partial charge in [0.15, 0.2) is 6.10 Å². The number of fused-ring (bicyclic) bond motifs is 1. The maximum atomic E-state index is 12.8. The largest absolute Gasteiger partial charge is 0.478 e. The van der Waals surface area contributed by atoms with Crippen molar-refractivity contribution in [3.05, 3.63) is 59.9 Å². The molecule has 8 heteroatoms. The van der Waals surface area contributed by atoms with Crippen LogP contribution in [0.3, 0.4) is 0 Å². The second-order valence-corrected chi connectivity index (χ2v) is 5.70. The van der Waals surface area contributed by atoms with Crippen LogP contribution in [-0.2, 0) is 20.8 Å². The van der Waals surface area contributed by atoms with Crippen LogP contribution in [0.4, 0.5) is 10.1 Å². The van der Waals surface area contributed by atoms with E-state index in [2.05, 4.69) is 16.2 Å². The summed E-state index contributed by atoms with van der Waals surface area (Å²) in [5.74, 6) is -1.39. The molecule has 26 heavy (non-hydrogen) atoms. The quantitative estimate of drug-likeness (QED) is 0.719. The summed E-state index contributed by atoms with van der Waals surface area (Å²) in [6.45, 7) is 0. The molecule has 3 N–H and O–H groups in total. The molecule has 3 rings (SSSR count). The second-order valence-electron chi connectivity index (χ2n) is 5.70. The first-order chi connectivity index (χ1) is 12.5. The molecule has 0 saturated heterocycles. The highest BCUT2D eigenvalue weighted by molar-refractivity contribution is 6.00. The molecular weight excluding hydrogens is 341 g/mol. The number of halogens is 1. The van der Waals surface area contributed by atoms with E-state index in [1.54, 1.807) is 24.3 Å². The molecule has 1 heterocycles. The Morgan fingerprint density at radius 3 is 2.50 bits per heavy atom. The van der Waals surface area contributed by atoms with Crippen molar-refractivity contribution in [3.8, 4) is 5.75 Å². The molecule has 7 nitrogen and oxygen atoms in total. The summed E-state index contributed by atoms with van der Waals surface area (Å²) in [4.78, 5) is 35.7. The Hall–Kier alpha value is -3.42. The normalized spacial score (nSPS) is 15.3. The Kier molecular flexibility index (Phi) is 5.12. The third-order valence-electron chi connectivity index (χ3n) is 3.70. The lowest BCUT2D eigenvalue weighted by atomic mass is 10.1. The fraction of sp³-hybridized carbons (Fsp3) is 0.167. The Labute approximate surface area is 148 Å². The zero-order valence-corrected chi connectivity index (χ0v) is 13.6. The van der Waals surface area contributed by atoms with Gasteiger partial charge in [-0.05, 0) is 29.8 Å². The van der Waals surface area contributed by atoms with E-state index in [0.29, 0.717) is 17.0 Å². The van der Waals surface area contributed by atoms with E-state index in [1.165, 1.54) is 24.3 Å². The smallest absolute Gasteiger partial charge is 0.266 e. The van der Waals surface area contributed by atoms with Crippen molar-refractivity contribution in [2.75, 3.05) is 5.32 Å². The number of benzene rings is 2. The van der Waals surface area contributed by atoms with Crippen molar-refractivity contribution in [1.82, 2.24) is 10.9 Å². The number of anilines is 1. The van der Waals surface area contributed by atoms with E-state index in [4.69, 9.17) is 4.74 Å². The van der Waals surface area contributed by atoms with Gasteiger partial charge in [0, 0.05) is 0 Å². The lowest BCUT2D eigenvalue weighted by Crippen LogP contribution is -2.46. The summed E-state index contributed by atoms with van der Waals surface area (Å²) < 4.78 is 18.3. The van der Waals surface area contributed by atoms with Gasteiger partial charge in [0.05, 0.1) is 18.5 Å². The van der Waals surface area contributed by atoms with Crippen LogP contribution in [0.25, 0.3) is 0 Å². The van der Waals surface area contributed by atoms with Gasteiger partial charge in [-0.1, -0.05) is 24.3 Å². The number of rotatable bonds is 4. The zero-order chi connectivity index (χ0) is 18.5. The molecule has 1 aliphatic heterocycles. The molecule has 134 valence electrons. The van der Waals surface area contributed by atoms with Gasteiger partial charge in [0.1, 0.15) is 11.6 Å². The van der Waals surface area contributed by atoms with Gasteiger partial charge in [-0.15, -0.1) is 0 Å². The van der Waals surface area contributed by atoms with Crippen molar-refractivity contribution in [2.45, 2.75) is 18.9 Å². The highest BCUT2D eigenvalue weighted by atomic mass is 19.1. The maximum absolute atomic E-state index is 12.8. The van der Waals surface area contributed by atoms with Crippen LogP contribution in [-0.4, -0.2) is 23.8 Å². The van der Waals surface area contributed by atoms with E-state index < -0.39 is 29.6 Å². The third-order valence-corrected chi connectivity index (χ3v) is 3.70. The number of nitrogens with one attached hydrogen (secondary N) is 3. The summed E-state index contributed by atoms with van der Waals surface area (Å²) in [5, 5.41) is 2.66. The summed E-state index contributed by atoms with van der Waals surface area (Å²) in [6, 6.07) is 12.3. The van der Waals surface area contributed by atoms with E-state index in [1.807, 2.05) is 0 Å². The van der Waals surface area contributed by atoms with Crippen molar-refractivity contribution >= 4 is 23.4 Å². The van der Waals surface area contributed by atoms with Crippen molar-refractivity contribution < 1.29 is 23.5 Å². The SMILES string of the molecule is O=C(Cc1ccc(F)cc1)NNC(=O)C[C@H]1Oc2ccccc2NC1=O. The first kappa shape index (κ1) is 17.4. The lowest BCUT2D eigenvalue weighted by Gasteiger charge is -2.25. The number of hydrogen-bond acceptors (Lipinski definition) is 4. The highest BCUT2D eigenvalue weighted by Crippen LogP contribution is 2.29. The minimum atomic E-state index is -0.987. The van der Waals surface area contributed by atoms with Crippen LogP contribution in [0.2, 0.25) is 0 Å². The molecule has 0 aliphatic carbocycles. The number of carbonyl (C=O) groups is 3. The fourth-order valence-electron chi connectivity index (χ4n) is 2.42. The van der Waals surface area contributed by atoms with Crippen LogP contribution in [0.15, 0.2) is 48.5 Å². The summed E-state index contributed by atoms with van der Waals surface area (Å²) in [7, 11) is 0. The lowest BCUT2D eigenvalue weighted by molar-refractivity contribution is -0.133. The van der Waals surface area contributed by atoms with Crippen LogP contribution < -0.4 is 20.9 Å². The topological polar surface area (TPSA) is 96.5 Å². The van der Waals surface area contributed by atoms with Crippen LogP contribution >= 0.6 is 0 Å². The number of hydrazine groups is 1. The van der Waals surface area contributed by atoms with Gasteiger partial charge in [-0.3, -0.25) is 25.2 Å². The molecule has 2 aromatic rings. The monoisotopic (exact) mass is 357 g/mol. The molecule has 0 bridgehead atoms.